The number of hydrogen-bond donors (Lipinski definition) is 3. The Bertz CT molecular complexity index is 564. The number of rotatable bonds is 10. The Balaban J connectivity index is 0.000000590. The van der Waals surface area contributed by atoms with Crippen LogP contribution in [-0.4, -0.2) is 54.3 Å². The highest BCUT2D eigenvalue weighted by atomic mass is 32.1. The van der Waals surface area contributed by atoms with Gasteiger partial charge in [0.1, 0.15) is 0 Å². The molecule has 1 heterocycles. The summed E-state index contributed by atoms with van der Waals surface area (Å²) in [6, 6.07) is -0.964. The Morgan fingerprint density at radius 2 is 1.74 bits per heavy atom. The van der Waals surface area contributed by atoms with E-state index >= 15 is 0 Å². The van der Waals surface area contributed by atoms with Crippen molar-refractivity contribution in [3.8, 4) is 0 Å². The van der Waals surface area contributed by atoms with E-state index in [4.69, 9.17) is 14.4 Å². The predicted octanol–water partition coefficient (Wildman–Crippen LogP) is 0.746. The molecule has 1 fully saturated rings. The van der Waals surface area contributed by atoms with Crippen LogP contribution in [0.1, 0.15) is 68.2 Å². The van der Waals surface area contributed by atoms with Crippen LogP contribution >= 0.6 is 0 Å². The standard InChI is InChI=1S/C10H18N2O4S.C9H21N3O2/c1-6(2)15-9(14)8(11-7(3)13)10(4,5)16-12-17;1-9(2,3)8-14-10-12(13)11-6-4-5-7-11/h6,8H,1-5H3,(H,11,13);10,12H,4-8H2,1-3H3. The first kappa shape index (κ1) is 29.6. The van der Waals surface area contributed by atoms with Crippen LogP contribution in [0.2, 0.25) is 0 Å². The number of hydrogen-bond acceptors (Lipinski definition) is 10. The Hall–Kier alpha value is -1.44. The lowest BCUT2D eigenvalue weighted by molar-refractivity contribution is -1.03. The molecule has 2 atom stereocenters. The van der Waals surface area contributed by atoms with Crippen molar-refractivity contribution in [3.05, 3.63) is 5.21 Å². The van der Waals surface area contributed by atoms with Gasteiger partial charge in [0.2, 0.25) is 5.91 Å². The monoisotopic (exact) mass is 465 g/mol. The van der Waals surface area contributed by atoms with Gasteiger partial charge >= 0.3 is 5.97 Å². The van der Waals surface area contributed by atoms with Gasteiger partial charge in [0.15, 0.2) is 11.6 Å². The topological polar surface area (TPSA) is 129 Å². The normalized spacial score (nSPS) is 16.7. The van der Waals surface area contributed by atoms with Gasteiger partial charge in [-0.05, 0) is 56.1 Å². The van der Waals surface area contributed by atoms with E-state index in [9.17, 15) is 14.8 Å². The number of amides is 1. The van der Waals surface area contributed by atoms with E-state index in [1.807, 2.05) is 0 Å². The van der Waals surface area contributed by atoms with Crippen LogP contribution in [0.5, 0.6) is 0 Å². The molecule has 1 saturated heterocycles. The molecule has 0 aromatic heterocycles. The number of nitrogens with one attached hydrogen (secondary N) is 3. The summed E-state index contributed by atoms with van der Waals surface area (Å²) in [6.07, 6.45) is 1.93. The molecular weight excluding hydrogens is 426 g/mol. The average molecular weight is 466 g/mol. The first-order valence-electron chi connectivity index (χ1n) is 10.3. The van der Waals surface area contributed by atoms with Crippen molar-refractivity contribution in [2.24, 2.45) is 9.94 Å². The van der Waals surface area contributed by atoms with Gasteiger partial charge in [-0.1, -0.05) is 20.8 Å². The molecule has 2 unspecified atom stereocenters. The fourth-order valence-electron chi connectivity index (χ4n) is 2.47. The maximum absolute atomic E-state index is 11.8. The molecule has 12 heteroatoms. The van der Waals surface area contributed by atoms with E-state index < -0.39 is 17.6 Å². The van der Waals surface area contributed by atoms with Gasteiger partial charge in [0.05, 0.1) is 25.1 Å². The van der Waals surface area contributed by atoms with E-state index in [-0.39, 0.29) is 22.7 Å². The number of esters is 1. The van der Waals surface area contributed by atoms with Gasteiger partial charge in [-0.25, -0.2) is 4.79 Å². The zero-order valence-corrected chi connectivity index (χ0v) is 20.8. The van der Waals surface area contributed by atoms with Crippen LogP contribution in [0, 0.1) is 10.6 Å². The summed E-state index contributed by atoms with van der Waals surface area (Å²) < 4.78 is 8.16. The summed E-state index contributed by atoms with van der Waals surface area (Å²) in [5, 5.41) is 15.6. The summed E-state index contributed by atoms with van der Waals surface area (Å²) >= 11 is 4.35. The first-order valence-corrected chi connectivity index (χ1v) is 10.7. The predicted molar refractivity (Wildman–Crippen MR) is 117 cm³/mol. The van der Waals surface area contributed by atoms with Gasteiger partial charge in [-0.2, -0.15) is 5.28 Å². The maximum Gasteiger partial charge on any atom is 0.333 e. The molecule has 11 nitrogen and oxygen atoms in total. The molecule has 1 rings (SSSR count). The molecule has 0 saturated carbocycles. The van der Waals surface area contributed by atoms with Crippen molar-refractivity contribution in [1.29, 1.82) is 0 Å². The lowest BCUT2D eigenvalue weighted by Crippen LogP contribution is -3.19. The Morgan fingerprint density at radius 1 is 1.19 bits per heavy atom. The Kier molecular flexibility index (Phi) is 13.2. The summed E-state index contributed by atoms with van der Waals surface area (Å²) in [6.45, 7) is 16.3. The second-order valence-electron chi connectivity index (χ2n) is 9.34. The van der Waals surface area contributed by atoms with Gasteiger partial charge in [0.25, 0.3) is 0 Å². The molecule has 182 valence electrons. The van der Waals surface area contributed by atoms with Crippen molar-refractivity contribution < 1.29 is 29.3 Å². The quantitative estimate of drug-likeness (QED) is 0.316. The van der Waals surface area contributed by atoms with E-state index in [2.05, 4.69) is 48.6 Å². The highest BCUT2D eigenvalue weighted by Gasteiger charge is 2.40. The van der Waals surface area contributed by atoms with E-state index in [0.717, 1.165) is 25.9 Å². The van der Waals surface area contributed by atoms with E-state index in [1.54, 1.807) is 32.7 Å². The fourth-order valence-corrected chi connectivity index (χ4v) is 2.66. The lowest BCUT2D eigenvalue weighted by Gasteiger charge is -2.30. The van der Waals surface area contributed by atoms with Crippen LogP contribution in [0.25, 0.3) is 0 Å². The fraction of sp³-hybridized carbons (Fsp3) is 0.895. The minimum absolute atomic E-state index is 0.0816. The third-order valence-electron chi connectivity index (χ3n) is 3.96. The second kappa shape index (κ2) is 13.9. The molecule has 1 aliphatic heterocycles. The average Bonchev–Trinajstić information content (AvgIpc) is 3.12. The van der Waals surface area contributed by atoms with Crippen molar-refractivity contribution in [2.45, 2.75) is 86.0 Å². The summed E-state index contributed by atoms with van der Waals surface area (Å²) in [5.41, 5.74) is 1.48. The maximum atomic E-state index is 11.8. The molecule has 0 aromatic carbocycles. The largest absolute Gasteiger partial charge is 0.591 e. The van der Waals surface area contributed by atoms with E-state index in [0.29, 0.717) is 6.61 Å². The molecule has 0 aliphatic carbocycles. The summed E-state index contributed by atoms with van der Waals surface area (Å²) in [4.78, 5) is 32.9. The first-order chi connectivity index (χ1) is 14.2. The Morgan fingerprint density at radius 3 is 2.16 bits per heavy atom. The smallest absolute Gasteiger partial charge is 0.333 e. The molecule has 0 radical (unpaired) electrons. The molecule has 3 N–H and O–H groups in total. The molecule has 0 aromatic rings. The van der Waals surface area contributed by atoms with Crippen molar-refractivity contribution >= 4 is 24.3 Å². The minimum Gasteiger partial charge on any atom is -0.591 e. The van der Waals surface area contributed by atoms with Gasteiger partial charge in [0, 0.05) is 20.0 Å². The van der Waals surface area contributed by atoms with Crippen LogP contribution in [0.4, 0.5) is 0 Å². The zero-order valence-electron chi connectivity index (χ0n) is 19.9. The minimum atomic E-state index is -1.07. The summed E-state index contributed by atoms with van der Waals surface area (Å²) in [7, 11) is 0. The van der Waals surface area contributed by atoms with Crippen LogP contribution in [-0.2, 0) is 36.4 Å². The molecular formula is C19H39N5O6S. The zero-order chi connectivity index (χ0) is 24.2. The molecule has 0 spiro atoms. The number of carbonyl (C=O) groups excluding carboxylic acids is 2. The highest BCUT2D eigenvalue weighted by Crippen LogP contribution is 2.17. The van der Waals surface area contributed by atoms with Crippen molar-refractivity contribution in [3.63, 3.8) is 0 Å². The van der Waals surface area contributed by atoms with Crippen molar-refractivity contribution in [1.82, 2.24) is 15.9 Å². The van der Waals surface area contributed by atoms with Crippen LogP contribution in [0.3, 0.4) is 0 Å². The molecule has 1 aliphatic rings. The van der Waals surface area contributed by atoms with Crippen molar-refractivity contribution in [2.75, 3.05) is 19.7 Å². The number of carbonyl (C=O) groups is 2. The second-order valence-corrected chi connectivity index (χ2v) is 9.49. The third kappa shape index (κ3) is 13.6. The summed E-state index contributed by atoms with van der Waals surface area (Å²) in [5.74, 6) is -0.949. The third-order valence-corrected chi connectivity index (χ3v) is 4.04. The van der Waals surface area contributed by atoms with Gasteiger partial charge in [-0.3, -0.25) is 9.63 Å². The Labute approximate surface area is 190 Å². The number of nitrogens with zero attached hydrogens (tertiary/aromatic N) is 2. The van der Waals surface area contributed by atoms with Crippen LogP contribution < -0.4 is 16.2 Å². The lowest BCUT2D eigenvalue weighted by atomic mass is 9.99. The van der Waals surface area contributed by atoms with Crippen LogP contribution in [0.15, 0.2) is 4.53 Å². The number of quaternary nitrogens is 1. The van der Waals surface area contributed by atoms with Gasteiger partial charge < -0.3 is 20.1 Å². The number of ether oxygens (including phenoxy) is 1. The highest BCUT2D eigenvalue weighted by molar-refractivity contribution is 7.47. The molecule has 31 heavy (non-hydrogen) atoms. The molecule has 1 amide bonds. The van der Waals surface area contributed by atoms with E-state index in [1.165, 1.54) is 6.92 Å². The molecule has 0 bridgehead atoms. The SMILES string of the molecule is CC(=O)NC(C(=O)OC(C)C)C(C)(C)ON=S.CC(C)(C)CON[NH+]([O-])N1CCCC1. The van der Waals surface area contributed by atoms with Gasteiger partial charge in [-0.15, -0.1) is 5.01 Å².